The normalized spacial score (nSPS) is 20.3. The van der Waals surface area contributed by atoms with E-state index in [2.05, 4.69) is 75.5 Å². The lowest BCUT2D eigenvalue weighted by Gasteiger charge is -2.28. The number of nitrogens with zero attached hydrogens (tertiary/aromatic N) is 4. The molecule has 1 amide bonds. The average molecular weight is 551 g/mol. The Morgan fingerprint density at radius 2 is 1.73 bits per heavy atom. The first kappa shape index (κ1) is 25.9. The Bertz CT molecular complexity index is 1950. The van der Waals surface area contributed by atoms with Gasteiger partial charge in [0, 0.05) is 5.92 Å². The first-order valence-electron chi connectivity index (χ1n) is 13.1. The van der Waals surface area contributed by atoms with Crippen LogP contribution >= 0.6 is 0 Å². The smallest absolute Gasteiger partial charge is 0.285 e. The molecule has 8 nitrogen and oxygen atoms in total. The molecule has 0 bridgehead atoms. The van der Waals surface area contributed by atoms with E-state index >= 15 is 0 Å². The summed E-state index contributed by atoms with van der Waals surface area (Å²) in [4.78, 5) is 25.3. The van der Waals surface area contributed by atoms with E-state index in [9.17, 15) is 17.8 Å². The largest absolute Gasteiger partial charge is 0.301 e. The highest BCUT2D eigenvalue weighted by Crippen LogP contribution is 2.32. The summed E-state index contributed by atoms with van der Waals surface area (Å²) in [6.07, 6.45) is 13.1. The van der Waals surface area contributed by atoms with Crippen LogP contribution in [-0.4, -0.2) is 48.4 Å². The molecule has 3 aromatic carbocycles. The maximum atomic E-state index is 12.3. The third-order valence-electron chi connectivity index (χ3n) is 7.63. The molecule has 2 atom stereocenters. The second-order valence-electron chi connectivity index (χ2n) is 9.94. The van der Waals surface area contributed by atoms with E-state index in [0.29, 0.717) is 12.3 Å². The molecular formula is C31H26N4O4S. The molecule has 0 fully saturated rings. The number of amides is 1. The summed E-state index contributed by atoms with van der Waals surface area (Å²) in [5.41, 5.74) is 4.62. The Balaban J connectivity index is 0.000000242. The van der Waals surface area contributed by atoms with Gasteiger partial charge in [-0.05, 0) is 62.7 Å². The molecule has 2 aliphatic carbocycles. The van der Waals surface area contributed by atoms with Crippen molar-refractivity contribution in [1.29, 1.82) is 0 Å². The summed E-state index contributed by atoms with van der Waals surface area (Å²) in [5.74, 6) is -0.396. The highest BCUT2D eigenvalue weighted by molar-refractivity contribution is 7.86. The highest BCUT2D eigenvalue weighted by Gasteiger charge is 2.35. The van der Waals surface area contributed by atoms with Crippen LogP contribution < -0.4 is 10.4 Å². The van der Waals surface area contributed by atoms with E-state index in [4.69, 9.17) is 0 Å². The maximum absolute atomic E-state index is 12.3. The van der Waals surface area contributed by atoms with Gasteiger partial charge in [0.05, 0.1) is 0 Å². The highest BCUT2D eigenvalue weighted by atomic mass is 32.2. The zero-order valence-corrected chi connectivity index (χ0v) is 22.5. The summed E-state index contributed by atoms with van der Waals surface area (Å²) in [7, 11) is -4.20. The number of allylic oxidation sites excluding steroid dienone is 2. The molecule has 1 N–H and O–H groups in total. The van der Waals surface area contributed by atoms with Crippen LogP contribution in [0, 0.1) is 0 Å². The van der Waals surface area contributed by atoms with Gasteiger partial charge in [0.1, 0.15) is 17.9 Å². The molecular weight excluding hydrogens is 524 g/mol. The second-order valence-corrected chi connectivity index (χ2v) is 11.6. The van der Waals surface area contributed by atoms with Crippen LogP contribution in [0.3, 0.4) is 0 Å². The molecule has 2 heterocycles. The van der Waals surface area contributed by atoms with Crippen molar-refractivity contribution in [1.82, 2.24) is 0 Å². The summed E-state index contributed by atoms with van der Waals surface area (Å²) in [5, 5.41) is 3.79. The molecule has 7 rings (SSSR count). The Hall–Kier alpha value is -4.34. The van der Waals surface area contributed by atoms with Gasteiger partial charge in [-0.2, -0.15) is 13.4 Å². The number of aryl methyl sites for hydroxylation is 1. The van der Waals surface area contributed by atoms with Crippen molar-refractivity contribution < 1.29 is 17.8 Å². The molecule has 2 aliphatic heterocycles. The first-order chi connectivity index (χ1) is 19.3. The maximum Gasteiger partial charge on any atom is 0.301 e. The molecule has 4 aliphatic rings. The number of amidine groups is 1. The minimum atomic E-state index is -4.20. The molecule has 0 aromatic heterocycles. The number of hydrogen-bond acceptors (Lipinski definition) is 6. The second kappa shape index (κ2) is 10.3. The average Bonchev–Trinajstić information content (AvgIpc) is 3.46. The van der Waals surface area contributed by atoms with Crippen LogP contribution in [0.1, 0.15) is 35.1 Å². The van der Waals surface area contributed by atoms with Crippen molar-refractivity contribution in [2.24, 2.45) is 20.0 Å². The molecule has 9 heteroatoms. The fourth-order valence-electron chi connectivity index (χ4n) is 5.61. The van der Waals surface area contributed by atoms with Crippen molar-refractivity contribution in [3.63, 3.8) is 0 Å². The molecule has 200 valence electrons. The molecule has 0 spiro atoms. The number of aliphatic imine (C=N–C) groups is 4. The van der Waals surface area contributed by atoms with Crippen LogP contribution in [0.25, 0.3) is 22.9 Å². The Kier molecular flexibility index (Phi) is 6.69. The van der Waals surface area contributed by atoms with Gasteiger partial charge in [-0.1, -0.05) is 79.8 Å². The van der Waals surface area contributed by atoms with Gasteiger partial charge in [0.15, 0.2) is 11.5 Å². The lowest BCUT2D eigenvalue weighted by molar-refractivity contribution is -0.111. The van der Waals surface area contributed by atoms with Crippen LogP contribution in [0.2, 0.25) is 0 Å². The predicted molar refractivity (Wildman–Crippen MR) is 159 cm³/mol. The van der Waals surface area contributed by atoms with Gasteiger partial charge in [-0.15, -0.1) is 0 Å². The molecule has 2 unspecified atom stereocenters. The molecule has 3 aromatic rings. The Labute approximate surface area is 231 Å². The lowest BCUT2D eigenvalue weighted by atomic mass is 9.83. The number of fused-ring (bicyclic) bond motifs is 6. The van der Waals surface area contributed by atoms with Crippen molar-refractivity contribution in [3.8, 4) is 0 Å². The lowest BCUT2D eigenvalue weighted by Crippen LogP contribution is -2.36. The van der Waals surface area contributed by atoms with E-state index in [1.807, 2.05) is 24.3 Å². The summed E-state index contributed by atoms with van der Waals surface area (Å²) in [6.45, 7) is 2.08. The van der Waals surface area contributed by atoms with E-state index in [1.165, 1.54) is 28.8 Å². The van der Waals surface area contributed by atoms with Gasteiger partial charge >= 0.3 is 5.91 Å². The number of carbonyl (C=O) groups is 1. The van der Waals surface area contributed by atoms with Crippen LogP contribution in [-0.2, 0) is 34.2 Å². The zero-order chi connectivity index (χ0) is 27.9. The molecule has 40 heavy (non-hydrogen) atoms. The van der Waals surface area contributed by atoms with Crippen molar-refractivity contribution in [3.05, 3.63) is 93.4 Å². The quantitative estimate of drug-likeness (QED) is 0.504. The van der Waals surface area contributed by atoms with Crippen LogP contribution in [0.4, 0.5) is 0 Å². The summed E-state index contributed by atoms with van der Waals surface area (Å²) < 4.78 is 34.7. The first-order valence-corrected chi connectivity index (χ1v) is 14.6. The van der Waals surface area contributed by atoms with Crippen LogP contribution in [0.5, 0.6) is 0 Å². The van der Waals surface area contributed by atoms with Crippen molar-refractivity contribution >= 4 is 63.2 Å². The van der Waals surface area contributed by atoms with Gasteiger partial charge in [-0.25, -0.2) is 15.0 Å². The van der Waals surface area contributed by atoms with E-state index in [0.717, 1.165) is 40.1 Å². The Morgan fingerprint density at radius 3 is 2.50 bits per heavy atom. The monoisotopic (exact) mass is 550 g/mol. The number of rotatable bonds is 3. The van der Waals surface area contributed by atoms with Gasteiger partial charge < -0.3 is 0 Å². The van der Waals surface area contributed by atoms with E-state index < -0.39 is 15.4 Å². The number of benzene rings is 3. The zero-order valence-electron chi connectivity index (χ0n) is 21.7. The van der Waals surface area contributed by atoms with Gasteiger partial charge in [-0.3, -0.25) is 9.35 Å². The van der Waals surface area contributed by atoms with Crippen LogP contribution in [0.15, 0.2) is 80.7 Å². The topological polar surface area (TPSA) is 121 Å². The summed E-state index contributed by atoms with van der Waals surface area (Å²) >= 11 is 0. The van der Waals surface area contributed by atoms with Crippen molar-refractivity contribution in [2.75, 3.05) is 0 Å². The standard InChI is InChI=1S/C26H24O3S.C5H2N4O/c1-2-17-6-5-8-19(14-17)25-16-24-20(15-26(25)30(27,28)29)11-13-22-21-9-4-3-7-18(21)10-12-23(22)24;10-5-3-4(7-1-6-3)8-2-9-5/h3-6,8-14,16,25-26H,2,7,15H2,1H3,(H,27,28,29);1-2H. The SMILES string of the molecule is CCc1cccc(C2C=c3c(ccc4c5c(ccc34)CC=CC=5)CC2S(=O)(=O)O)c1.O=C1N=CN=C2N=CN=C12. The fourth-order valence-corrected chi connectivity index (χ4v) is 6.60. The molecule has 0 saturated heterocycles. The fraction of sp³-hybridized carbons (Fsp3) is 0.194. The van der Waals surface area contributed by atoms with E-state index in [1.54, 1.807) is 0 Å². The third kappa shape index (κ3) is 4.78. The minimum Gasteiger partial charge on any atom is -0.285 e. The summed E-state index contributed by atoms with van der Waals surface area (Å²) in [6, 6.07) is 16.5. The third-order valence-corrected chi connectivity index (χ3v) is 8.86. The van der Waals surface area contributed by atoms with Gasteiger partial charge in [0.2, 0.25) is 0 Å². The molecule has 0 radical (unpaired) electrons. The predicted octanol–water partition coefficient (Wildman–Crippen LogP) is 3.11. The minimum absolute atomic E-state index is 0.238. The number of carbonyl (C=O) groups excluding carboxylic acids is 1. The molecule has 0 saturated carbocycles. The van der Waals surface area contributed by atoms with Gasteiger partial charge in [0.25, 0.3) is 10.1 Å². The Morgan fingerprint density at radius 1 is 0.950 bits per heavy atom. The number of hydrogen-bond donors (Lipinski definition) is 1. The van der Waals surface area contributed by atoms with Crippen molar-refractivity contribution in [2.45, 2.75) is 37.4 Å². The van der Waals surface area contributed by atoms with E-state index in [-0.39, 0.29) is 17.5 Å².